The Labute approximate surface area is 195 Å². The van der Waals surface area contributed by atoms with Gasteiger partial charge in [-0.3, -0.25) is 9.78 Å². The molecule has 1 amide bonds. The predicted octanol–water partition coefficient (Wildman–Crippen LogP) is 3.47. The number of esters is 1. The summed E-state index contributed by atoms with van der Waals surface area (Å²) in [5, 5.41) is 3.11. The van der Waals surface area contributed by atoms with Crippen LogP contribution in [-0.4, -0.2) is 40.5 Å². The van der Waals surface area contributed by atoms with Crippen molar-refractivity contribution in [3.63, 3.8) is 0 Å². The molecule has 0 radical (unpaired) electrons. The normalized spacial score (nSPS) is 21.2. The summed E-state index contributed by atoms with van der Waals surface area (Å²) in [6, 6.07) is 11.3. The maximum Gasteiger partial charge on any atom is 0.376 e. The number of nitrogens with one attached hydrogen (secondary N) is 1. The fraction of sp³-hybridized carbons (Fsp3) is 0.320. The molecule has 8 nitrogen and oxygen atoms in total. The highest BCUT2D eigenvalue weighted by molar-refractivity contribution is 5.95. The molecule has 1 N–H and O–H groups in total. The van der Waals surface area contributed by atoms with Crippen molar-refractivity contribution in [2.24, 2.45) is 5.92 Å². The number of hydrogen-bond donors (Lipinski definition) is 1. The van der Waals surface area contributed by atoms with Gasteiger partial charge in [0, 0.05) is 24.2 Å². The van der Waals surface area contributed by atoms with Crippen molar-refractivity contribution in [2.75, 3.05) is 18.6 Å². The van der Waals surface area contributed by atoms with Gasteiger partial charge >= 0.3 is 5.97 Å². The van der Waals surface area contributed by atoms with Crippen LogP contribution in [0.1, 0.15) is 57.5 Å². The van der Waals surface area contributed by atoms with E-state index >= 15 is 0 Å². The van der Waals surface area contributed by atoms with Crippen LogP contribution in [0.4, 0.5) is 15.9 Å². The molecule has 2 fully saturated rings. The van der Waals surface area contributed by atoms with Gasteiger partial charge in [-0.2, -0.15) is 0 Å². The van der Waals surface area contributed by atoms with Crippen LogP contribution in [0, 0.1) is 11.7 Å². The third-order valence-electron chi connectivity index (χ3n) is 6.87. The standard InChI is InChI=1S/C25H22FN5O3/c1-34-24(33)22-27-11-8-20(29-22)31-13-15-12-17(15)21-18(31)6-7-19(28-21)25(9-10-25)30-23(32)14-2-4-16(26)5-3-14/h2-8,11,15,17H,9-10,12-13H2,1H3,(H,30,32). The Morgan fingerprint density at radius 2 is 1.91 bits per heavy atom. The smallest absolute Gasteiger partial charge is 0.376 e. The molecule has 0 bridgehead atoms. The number of benzene rings is 1. The van der Waals surface area contributed by atoms with E-state index in [0.29, 0.717) is 23.2 Å². The molecular formula is C25H22FN5O3. The van der Waals surface area contributed by atoms with Gasteiger partial charge in [0.05, 0.1) is 29.7 Å². The van der Waals surface area contributed by atoms with Crippen LogP contribution in [0.15, 0.2) is 48.7 Å². The van der Waals surface area contributed by atoms with E-state index in [1.807, 2.05) is 12.1 Å². The van der Waals surface area contributed by atoms with Gasteiger partial charge in [0.2, 0.25) is 5.82 Å². The van der Waals surface area contributed by atoms with Gasteiger partial charge in [0.25, 0.3) is 5.91 Å². The monoisotopic (exact) mass is 459 g/mol. The third-order valence-corrected chi connectivity index (χ3v) is 6.87. The minimum atomic E-state index is -0.579. The number of nitrogens with zero attached hydrogens (tertiary/aromatic N) is 4. The number of carbonyl (C=O) groups excluding carboxylic acids is 2. The number of amides is 1. The molecule has 3 aliphatic rings. The zero-order chi connectivity index (χ0) is 23.4. The van der Waals surface area contributed by atoms with E-state index in [0.717, 1.165) is 42.9 Å². The van der Waals surface area contributed by atoms with Crippen molar-refractivity contribution in [2.45, 2.75) is 30.7 Å². The largest absolute Gasteiger partial charge is 0.463 e. The zero-order valence-electron chi connectivity index (χ0n) is 18.5. The second-order valence-electron chi connectivity index (χ2n) is 9.09. The molecule has 172 valence electrons. The molecule has 1 aromatic carbocycles. The second kappa shape index (κ2) is 7.58. The quantitative estimate of drug-likeness (QED) is 0.584. The molecule has 2 atom stereocenters. The molecule has 2 aromatic heterocycles. The number of ether oxygens (including phenoxy) is 1. The Morgan fingerprint density at radius 3 is 2.65 bits per heavy atom. The van der Waals surface area contributed by atoms with Crippen LogP contribution in [0.25, 0.3) is 0 Å². The number of hydrogen-bond acceptors (Lipinski definition) is 7. The van der Waals surface area contributed by atoms with E-state index in [1.54, 1.807) is 12.3 Å². The second-order valence-corrected chi connectivity index (χ2v) is 9.09. The Bertz CT molecular complexity index is 1310. The molecule has 34 heavy (non-hydrogen) atoms. The summed E-state index contributed by atoms with van der Waals surface area (Å²) in [6.45, 7) is 0.794. The summed E-state index contributed by atoms with van der Waals surface area (Å²) < 4.78 is 18.0. The van der Waals surface area contributed by atoms with E-state index in [2.05, 4.69) is 20.2 Å². The van der Waals surface area contributed by atoms with Crippen molar-refractivity contribution >= 4 is 23.4 Å². The minimum absolute atomic E-state index is 0.0180. The minimum Gasteiger partial charge on any atom is -0.463 e. The number of methoxy groups -OCH3 is 1. The van der Waals surface area contributed by atoms with Crippen molar-refractivity contribution in [1.29, 1.82) is 0 Å². The van der Waals surface area contributed by atoms with Crippen molar-refractivity contribution < 1.29 is 18.7 Å². The van der Waals surface area contributed by atoms with Gasteiger partial charge in [-0.15, -0.1) is 0 Å². The van der Waals surface area contributed by atoms with E-state index < -0.39 is 11.5 Å². The number of rotatable bonds is 5. The first kappa shape index (κ1) is 20.7. The van der Waals surface area contributed by atoms with Gasteiger partial charge < -0.3 is 15.0 Å². The van der Waals surface area contributed by atoms with Crippen molar-refractivity contribution in [3.8, 4) is 0 Å². The van der Waals surface area contributed by atoms with Crippen molar-refractivity contribution in [1.82, 2.24) is 20.3 Å². The topological polar surface area (TPSA) is 97.3 Å². The Kier molecular flexibility index (Phi) is 4.62. The highest BCUT2D eigenvalue weighted by atomic mass is 19.1. The van der Waals surface area contributed by atoms with Gasteiger partial charge in [-0.25, -0.2) is 19.2 Å². The molecule has 1 aliphatic heterocycles. The fourth-order valence-electron chi connectivity index (χ4n) is 4.72. The lowest BCUT2D eigenvalue weighted by Crippen LogP contribution is -2.36. The number of halogens is 1. The van der Waals surface area contributed by atoms with Crippen LogP contribution in [0.3, 0.4) is 0 Å². The summed E-state index contributed by atoms with van der Waals surface area (Å²) in [4.78, 5) is 40.2. The Morgan fingerprint density at radius 1 is 1.12 bits per heavy atom. The van der Waals surface area contributed by atoms with E-state index in [-0.39, 0.29) is 17.5 Å². The summed E-state index contributed by atoms with van der Waals surface area (Å²) in [5.41, 5.74) is 2.71. The lowest BCUT2D eigenvalue weighted by atomic mass is 10.0. The zero-order valence-corrected chi connectivity index (χ0v) is 18.5. The van der Waals surface area contributed by atoms with E-state index in [4.69, 9.17) is 9.72 Å². The maximum absolute atomic E-state index is 13.2. The predicted molar refractivity (Wildman–Crippen MR) is 120 cm³/mol. The molecule has 0 saturated heterocycles. The highest BCUT2D eigenvalue weighted by Crippen LogP contribution is 2.56. The van der Waals surface area contributed by atoms with Crippen LogP contribution < -0.4 is 10.2 Å². The van der Waals surface area contributed by atoms with Crippen LogP contribution >= 0.6 is 0 Å². The van der Waals surface area contributed by atoms with Crippen LogP contribution in [-0.2, 0) is 10.3 Å². The average Bonchev–Trinajstić information content (AvgIpc) is 3.79. The van der Waals surface area contributed by atoms with Crippen LogP contribution in [0.5, 0.6) is 0 Å². The SMILES string of the molecule is COC(=O)c1nccc(N2CC3CC3c3nc(C4(NC(=O)c5ccc(F)cc5)CC4)ccc32)n1. The summed E-state index contributed by atoms with van der Waals surface area (Å²) in [6.07, 6.45) is 4.21. The van der Waals surface area contributed by atoms with Gasteiger partial charge in [-0.05, 0) is 67.6 Å². The Balaban J connectivity index is 1.30. The van der Waals surface area contributed by atoms with E-state index in [9.17, 15) is 14.0 Å². The molecule has 2 aliphatic carbocycles. The maximum atomic E-state index is 13.2. The van der Waals surface area contributed by atoms with Gasteiger partial charge in [-0.1, -0.05) is 0 Å². The first-order chi connectivity index (χ1) is 16.5. The van der Waals surface area contributed by atoms with Crippen molar-refractivity contribution in [3.05, 3.63) is 77.3 Å². The highest BCUT2D eigenvalue weighted by Gasteiger charge is 2.51. The molecule has 2 saturated carbocycles. The number of carbonyl (C=O) groups is 2. The molecule has 0 spiro atoms. The fourth-order valence-corrected chi connectivity index (χ4v) is 4.72. The van der Waals surface area contributed by atoms with Crippen LogP contribution in [0.2, 0.25) is 0 Å². The summed E-state index contributed by atoms with van der Waals surface area (Å²) in [5.74, 6) is 0.308. The molecular weight excluding hydrogens is 437 g/mol. The molecule has 3 heterocycles. The molecule has 2 unspecified atom stereocenters. The Hall–Kier alpha value is -3.88. The molecule has 3 aromatic rings. The molecule has 9 heteroatoms. The first-order valence-electron chi connectivity index (χ1n) is 11.3. The third kappa shape index (κ3) is 3.48. The average molecular weight is 459 g/mol. The number of aromatic nitrogens is 3. The summed E-state index contributed by atoms with van der Waals surface area (Å²) >= 11 is 0. The van der Waals surface area contributed by atoms with Gasteiger partial charge in [0.15, 0.2) is 0 Å². The number of anilines is 2. The summed E-state index contributed by atoms with van der Waals surface area (Å²) in [7, 11) is 1.30. The van der Waals surface area contributed by atoms with Gasteiger partial charge in [0.1, 0.15) is 11.6 Å². The van der Waals surface area contributed by atoms with E-state index in [1.165, 1.54) is 31.4 Å². The molecule has 6 rings (SSSR count). The number of pyridine rings is 1. The lowest BCUT2D eigenvalue weighted by molar-refractivity contribution is 0.0586. The lowest BCUT2D eigenvalue weighted by Gasteiger charge is -2.30. The first-order valence-corrected chi connectivity index (χ1v) is 11.3. The number of fused-ring (bicyclic) bond motifs is 3.